The summed E-state index contributed by atoms with van der Waals surface area (Å²) in [6.07, 6.45) is 11.3. The van der Waals surface area contributed by atoms with Crippen molar-refractivity contribution in [1.29, 1.82) is 0 Å². The number of benzene rings is 1. The van der Waals surface area contributed by atoms with Gasteiger partial charge in [0.05, 0.1) is 0 Å². The van der Waals surface area contributed by atoms with Crippen LogP contribution >= 0.6 is 0 Å². The van der Waals surface area contributed by atoms with E-state index in [2.05, 4.69) is 32.0 Å². The Morgan fingerprint density at radius 1 is 1.00 bits per heavy atom. The molecule has 0 saturated carbocycles. The minimum Gasteiger partial charge on any atom is -0.625 e. The van der Waals surface area contributed by atoms with Gasteiger partial charge in [0.15, 0.2) is 6.21 Å². The highest BCUT2D eigenvalue weighted by Gasteiger charge is 2.04. The van der Waals surface area contributed by atoms with Crippen molar-refractivity contribution < 1.29 is 5.16 Å². The summed E-state index contributed by atoms with van der Waals surface area (Å²) in [5.74, 6) is 0. The van der Waals surface area contributed by atoms with Crippen LogP contribution in [0.15, 0.2) is 18.2 Å². The van der Waals surface area contributed by atoms with Gasteiger partial charge in [-0.25, -0.2) is 5.16 Å². The molecule has 0 aliphatic heterocycles. The van der Waals surface area contributed by atoms with Crippen molar-refractivity contribution in [3.63, 3.8) is 0 Å². The molecular formula is C17H27NO. The lowest BCUT2D eigenvalue weighted by Gasteiger charge is -2.08. The Kier molecular flexibility index (Phi) is 7.95. The fraction of sp³-hybridized carbons (Fsp3) is 0.588. The fourth-order valence-corrected chi connectivity index (χ4v) is 2.38. The Bertz CT molecular complexity index is 385. The van der Waals surface area contributed by atoms with E-state index in [4.69, 9.17) is 0 Å². The smallest absolute Gasteiger partial charge is 0.180 e. The third kappa shape index (κ3) is 5.91. The summed E-state index contributed by atoms with van der Waals surface area (Å²) in [4.78, 5) is 0. The number of hydrogen-bond acceptors (Lipinski definition) is 1. The highest BCUT2D eigenvalue weighted by Crippen LogP contribution is 2.16. The molecule has 2 heteroatoms. The number of nitrogens with one attached hydrogen (secondary N) is 1. The maximum absolute atomic E-state index is 10.6. The van der Waals surface area contributed by atoms with Crippen LogP contribution in [0.3, 0.4) is 0 Å². The van der Waals surface area contributed by atoms with Crippen LogP contribution in [-0.2, 0) is 12.8 Å². The van der Waals surface area contributed by atoms with Gasteiger partial charge in [-0.1, -0.05) is 51.7 Å². The lowest BCUT2D eigenvalue weighted by molar-refractivity contribution is -0.366. The van der Waals surface area contributed by atoms with E-state index in [0.29, 0.717) is 0 Å². The molecule has 1 aromatic carbocycles. The summed E-state index contributed by atoms with van der Waals surface area (Å²) in [6, 6.07) is 6.52. The Balaban J connectivity index is 2.72. The van der Waals surface area contributed by atoms with Gasteiger partial charge in [0.25, 0.3) is 0 Å². The monoisotopic (exact) mass is 261 g/mol. The molecule has 0 saturated heterocycles. The molecule has 0 atom stereocenters. The van der Waals surface area contributed by atoms with Gasteiger partial charge in [-0.2, -0.15) is 0 Å². The van der Waals surface area contributed by atoms with Crippen molar-refractivity contribution in [3.8, 4) is 0 Å². The van der Waals surface area contributed by atoms with Crippen molar-refractivity contribution in [1.82, 2.24) is 0 Å². The highest BCUT2D eigenvalue weighted by atomic mass is 16.4. The molecule has 1 N–H and O–H groups in total. The predicted molar refractivity (Wildman–Crippen MR) is 82.4 cm³/mol. The summed E-state index contributed by atoms with van der Waals surface area (Å²) >= 11 is 0. The van der Waals surface area contributed by atoms with Crippen LogP contribution in [-0.4, -0.2) is 6.21 Å². The normalized spacial score (nSPS) is 11.3. The first kappa shape index (κ1) is 15.7. The first-order valence-electron chi connectivity index (χ1n) is 7.64. The van der Waals surface area contributed by atoms with Crippen molar-refractivity contribution >= 4 is 6.21 Å². The molecule has 0 bridgehead atoms. The largest absolute Gasteiger partial charge is 0.625 e. The van der Waals surface area contributed by atoms with Crippen LogP contribution in [0.1, 0.15) is 69.1 Å². The first-order valence-corrected chi connectivity index (χ1v) is 7.64. The topological polar surface area (TPSA) is 37.0 Å². The average Bonchev–Trinajstić information content (AvgIpc) is 2.42. The molecule has 1 aromatic rings. The predicted octanol–water partition coefficient (Wildman–Crippen LogP) is 3.15. The van der Waals surface area contributed by atoms with Crippen LogP contribution in [0, 0.1) is 5.21 Å². The molecule has 0 unspecified atom stereocenters. The lowest BCUT2D eigenvalue weighted by Crippen LogP contribution is -2.60. The second-order valence-corrected chi connectivity index (χ2v) is 5.21. The quantitative estimate of drug-likeness (QED) is 0.315. The molecule has 1 rings (SSSR count). The van der Waals surface area contributed by atoms with Gasteiger partial charge in [0.2, 0.25) is 0 Å². The van der Waals surface area contributed by atoms with Gasteiger partial charge in [-0.3, -0.25) is 0 Å². The molecule has 0 amide bonds. The molecule has 0 aliphatic carbocycles. The molecule has 0 fully saturated rings. The summed E-state index contributed by atoms with van der Waals surface area (Å²) in [5.41, 5.74) is 3.76. The van der Waals surface area contributed by atoms with Gasteiger partial charge in [0, 0.05) is 5.56 Å². The maximum Gasteiger partial charge on any atom is 0.180 e. The van der Waals surface area contributed by atoms with Crippen LogP contribution in [0.2, 0.25) is 0 Å². The summed E-state index contributed by atoms with van der Waals surface area (Å²) in [5, 5.41) is 12.5. The van der Waals surface area contributed by atoms with E-state index in [9.17, 15) is 5.21 Å². The standard InChI is InChI=1S/C17H27NO/c1-3-5-7-9-15-11-12-17(14-18-19)16(13-15)10-8-6-4-2/h11-14,18H,3-10H2,1-2H3. The molecular weight excluding hydrogens is 234 g/mol. The number of aryl methyl sites for hydroxylation is 2. The Morgan fingerprint density at radius 3 is 2.32 bits per heavy atom. The van der Waals surface area contributed by atoms with Gasteiger partial charge in [-0.05, 0) is 42.9 Å². The summed E-state index contributed by atoms with van der Waals surface area (Å²) < 4.78 is 0. The zero-order valence-electron chi connectivity index (χ0n) is 12.4. The number of rotatable bonds is 9. The van der Waals surface area contributed by atoms with Gasteiger partial charge in [-0.15, -0.1) is 0 Å². The Hall–Kier alpha value is -1.31. The second-order valence-electron chi connectivity index (χ2n) is 5.21. The van der Waals surface area contributed by atoms with Crippen LogP contribution in [0.5, 0.6) is 0 Å². The molecule has 0 heterocycles. The first-order chi connectivity index (χ1) is 9.31. The molecule has 2 nitrogen and oxygen atoms in total. The number of unbranched alkanes of at least 4 members (excludes halogenated alkanes) is 4. The molecule has 0 spiro atoms. The molecule has 19 heavy (non-hydrogen) atoms. The fourth-order valence-electron chi connectivity index (χ4n) is 2.38. The lowest BCUT2D eigenvalue weighted by atomic mass is 9.97. The van der Waals surface area contributed by atoms with Gasteiger partial charge in [0.1, 0.15) is 0 Å². The SMILES string of the molecule is CCCCCc1ccc(C=[NH+][O-])c(CCCCC)c1. The van der Waals surface area contributed by atoms with E-state index in [1.165, 1.54) is 49.7 Å². The van der Waals surface area contributed by atoms with Crippen molar-refractivity contribution in [2.24, 2.45) is 0 Å². The van der Waals surface area contributed by atoms with Crippen molar-refractivity contribution in [3.05, 3.63) is 40.1 Å². The van der Waals surface area contributed by atoms with E-state index in [0.717, 1.165) is 18.4 Å². The van der Waals surface area contributed by atoms with Crippen LogP contribution in [0.4, 0.5) is 0 Å². The van der Waals surface area contributed by atoms with E-state index < -0.39 is 0 Å². The second kappa shape index (κ2) is 9.60. The molecule has 0 aromatic heterocycles. The zero-order chi connectivity index (χ0) is 13.9. The third-order valence-electron chi connectivity index (χ3n) is 3.54. The highest BCUT2D eigenvalue weighted by molar-refractivity contribution is 5.77. The van der Waals surface area contributed by atoms with Crippen molar-refractivity contribution in [2.45, 2.75) is 65.2 Å². The van der Waals surface area contributed by atoms with Crippen molar-refractivity contribution in [2.75, 3.05) is 0 Å². The minimum atomic E-state index is 1.05. The van der Waals surface area contributed by atoms with E-state index in [-0.39, 0.29) is 0 Å². The van der Waals surface area contributed by atoms with Gasteiger partial charge >= 0.3 is 0 Å². The zero-order valence-corrected chi connectivity index (χ0v) is 12.4. The van der Waals surface area contributed by atoms with Crippen LogP contribution in [0.25, 0.3) is 0 Å². The molecule has 0 aliphatic rings. The maximum atomic E-state index is 10.6. The minimum absolute atomic E-state index is 1.05. The third-order valence-corrected chi connectivity index (χ3v) is 3.54. The number of hydrogen-bond donors (Lipinski definition) is 1. The summed E-state index contributed by atoms with van der Waals surface area (Å²) in [6.45, 7) is 4.45. The average molecular weight is 261 g/mol. The van der Waals surface area contributed by atoms with Gasteiger partial charge < -0.3 is 5.21 Å². The van der Waals surface area contributed by atoms with Crippen LogP contribution < -0.4 is 5.16 Å². The van der Waals surface area contributed by atoms with E-state index in [1.54, 1.807) is 6.21 Å². The van der Waals surface area contributed by atoms with E-state index in [1.807, 2.05) is 5.16 Å². The molecule has 0 radical (unpaired) electrons. The summed E-state index contributed by atoms with van der Waals surface area (Å²) in [7, 11) is 0. The Labute approximate surface area is 117 Å². The van der Waals surface area contributed by atoms with E-state index >= 15 is 0 Å². The Morgan fingerprint density at radius 2 is 1.68 bits per heavy atom. The molecule has 106 valence electrons.